The lowest BCUT2D eigenvalue weighted by Crippen LogP contribution is -1.93. The van der Waals surface area contributed by atoms with Crippen LogP contribution in [0.4, 0.5) is 0 Å². The maximum Gasteiger partial charge on any atom is -0.0234 e. The van der Waals surface area contributed by atoms with E-state index in [9.17, 15) is 0 Å². The van der Waals surface area contributed by atoms with E-state index in [4.69, 9.17) is 0 Å². The lowest BCUT2D eigenvalue weighted by Gasteiger charge is -2.07. The van der Waals surface area contributed by atoms with Crippen LogP contribution >= 0.6 is 0 Å². The second-order valence-corrected chi connectivity index (χ2v) is 3.47. The van der Waals surface area contributed by atoms with Crippen LogP contribution < -0.4 is 0 Å². The summed E-state index contributed by atoms with van der Waals surface area (Å²) in [5.74, 6) is 0.771. The Bertz CT molecular complexity index is 113. The maximum absolute atomic E-state index is 3.96. The summed E-state index contributed by atoms with van der Waals surface area (Å²) in [7, 11) is 0. The Hall–Kier alpha value is -0.260. The molecule has 0 spiro atoms. The highest BCUT2D eigenvalue weighted by Crippen LogP contribution is 2.18. The maximum atomic E-state index is 3.96. The molecule has 0 nitrogen and oxygen atoms in total. The van der Waals surface area contributed by atoms with Crippen molar-refractivity contribution in [2.45, 2.75) is 44.9 Å². The van der Waals surface area contributed by atoms with Crippen molar-refractivity contribution in [3.8, 4) is 0 Å². The molecule has 0 amide bonds. The fourth-order valence-corrected chi connectivity index (χ4v) is 1.65. The van der Waals surface area contributed by atoms with Crippen LogP contribution in [0.5, 0.6) is 0 Å². The molecule has 1 atom stereocenters. The summed E-state index contributed by atoms with van der Waals surface area (Å²) in [6, 6.07) is 0. The van der Waals surface area contributed by atoms with E-state index in [-0.39, 0.29) is 0 Å². The first-order chi connectivity index (χ1) is 5.43. The first-order valence-electron chi connectivity index (χ1n) is 4.89. The molecule has 0 aromatic rings. The summed E-state index contributed by atoms with van der Waals surface area (Å²) in [4.78, 5) is 0. The summed E-state index contributed by atoms with van der Waals surface area (Å²) in [5, 5.41) is 0. The van der Waals surface area contributed by atoms with Crippen molar-refractivity contribution in [1.29, 1.82) is 0 Å². The molecule has 0 N–H and O–H groups in total. The van der Waals surface area contributed by atoms with Gasteiger partial charge in [0, 0.05) is 0 Å². The van der Waals surface area contributed by atoms with E-state index in [1.54, 1.807) is 0 Å². The largest absolute Gasteiger partial charge is 0.0883 e. The van der Waals surface area contributed by atoms with Crippen molar-refractivity contribution in [2.24, 2.45) is 5.92 Å². The Kier molecular flexibility index (Phi) is 4.33. The van der Waals surface area contributed by atoms with E-state index < -0.39 is 0 Å². The molecule has 0 saturated heterocycles. The van der Waals surface area contributed by atoms with Gasteiger partial charge in [0.15, 0.2) is 0 Å². The van der Waals surface area contributed by atoms with Crippen LogP contribution in [0.15, 0.2) is 12.2 Å². The third-order valence-corrected chi connectivity index (χ3v) is 2.47. The van der Waals surface area contributed by atoms with E-state index in [2.05, 4.69) is 19.1 Å². The van der Waals surface area contributed by atoms with E-state index >= 15 is 0 Å². The highest BCUT2D eigenvalue weighted by Gasteiger charge is 2.02. The van der Waals surface area contributed by atoms with Gasteiger partial charge in [-0.25, -0.2) is 0 Å². The van der Waals surface area contributed by atoms with Gasteiger partial charge < -0.3 is 0 Å². The molecule has 0 aromatic heterocycles. The Labute approximate surface area is 70.7 Å². The predicted molar refractivity (Wildman–Crippen MR) is 50.3 cm³/mol. The summed E-state index contributed by atoms with van der Waals surface area (Å²) >= 11 is 0. The molecular formula is C11H19. The zero-order valence-electron chi connectivity index (χ0n) is 7.39. The highest BCUT2D eigenvalue weighted by molar-refractivity contribution is 4.89. The molecule has 1 aliphatic carbocycles. The number of allylic oxidation sites excluding steroid dienone is 2. The Balaban J connectivity index is 2.32. The van der Waals surface area contributed by atoms with Crippen LogP contribution in [-0.2, 0) is 0 Å². The minimum Gasteiger partial charge on any atom is -0.0883 e. The average Bonchev–Trinajstić information content (AvgIpc) is 2.16. The molecule has 0 heteroatoms. The van der Waals surface area contributed by atoms with E-state index in [0.29, 0.717) is 0 Å². The Morgan fingerprint density at radius 1 is 1.18 bits per heavy atom. The number of rotatable bonds is 1. The van der Waals surface area contributed by atoms with Gasteiger partial charge in [0.2, 0.25) is 0 Å². The number of hydrogen-bond acceptors (Lipinski definition) is 0. The smallest absolute Gasteiger partial charge is 0.0234 e. The SMILES string of the molecule is [CH2]CC1/C=C/CCCCCC1. The molecule has 0 fully saturated rings. The molecular weight excluding hydrogens is 132 g/mol. The van der Waals surface area contributed by atoms with Crippen molar-refractivity contribution in [1.82, 2.24) is 0 Å². The van der Waals surface area contributed by atoms with Gasteiger partial charge in [-0.3, -0.25) is 0 Å². The van der Waals surface area contributed by atoms with Gasteiger partial charge in [-0.15, -0.1) is 0 Å². The minimum atomic E-state index is 0.771. The lowest BCUT2D eigenvalue weighted by molar-refractivity contribution is 0.538. The molecule has 1 radical (unpaired) electrons. The molecule has 63 valence electrons. The standard InChI is InChI=1S/C11H19/c1-2-11-9-7-5-3-4-6-8-10-11/h7,9,11H,1-6,8,10H2/b9-7+. The Morgan fingerprint density at radius 2 is 2.00 bits per heavy atom. The molecule has 0 aromatic carbocycles. The summed E-state index contributed by atoms with van der Waals surface area (Å²) < 4.78 is 0. The van der Waals surface area contributed by atoms with Crippen molar-refractivity contribution in [3.63, 3.8) is 0 Å². The molecule has 0 saturated carbocycles. The van der Waals surface area contributed by atoms with Crippen molar-refractivity contribution in [2.75, 3.05) is 0 Å². The number of hydrogen-bond donors (Lipinski definition) is 0. The van der Waals surface area contributed by atoms with Gasteiger partial charge >= 0.3 is 0 Å². The monoisotopic (exact) mass is 151 g/mol. The van der Waals surface area contributed by atoms with Crippen molar-refractivity contribution in [3.05, 3.63) is 19.1 Å². The minimum absolute atomic E-state index is 0.771. The van der Waals surface area contributed by atoms with Crippen LogP contribution in [-0.4, -0.2) is 0 Å². The van der Waals surface area contributed by atoms with Gasteiger partial charge in [0.25, 0.3) is 0 Å². The second kappa shape index (κ2) is 5.40. The summed E-state index contributed by atoms with van der Waals surface area (Å²) in [5.41, 5.74) is 0. The third kappa shape index (κ3) is 3.60. The third-order valence-electron chi connectivity index (χ3n) is 2.47. The zero-order chi connectivity index (χ0) is 7.94. The molecule has 1 aliphatic rings. The molecule has 1 unspecified atom stereocenters. The first kappa shape index (κ1) is 8.83. The van der Waals surface area contributed by atoms with Gasteiger partial charge in [-0.05, 0) is 31.6 Å². The molecule has 1 rings (SSSR count). The normalized spacial score (nSPS) is 30.1. The summed E-state index contributed by atoms with van der Waals surface area (Å²) in [6.07, 6.45) is 14.1. The van der Waals surface area contributed by atoms with E-state index in [0.717, 1.165) is 12.3 Å². The van der Waals surface area contributed by atoms with E-state index in [1.165, 1.54) is 38.5 Å². The van der Waals surface area contributed by atoms with E-state index in [1.807, 2.05) is 0 Å². The van der Waals surface area contributed by atoms with Crippen LogP contribution in [0.1, 0.15) is 44.9 Å². The molecule has 0 aliphatic heterocycles. The van der Waals surface area contributed by atoms with Gasteiger partial charge in [-0.1, -0.05) is 38.3 Å². The van der Waals surface area contributed by atoms with Gasteiger partial charge in [-0.2, -0.15) is 0 Å². The summed E-state index contributed by atoms with van der Waals surface area (Å²) in [6.45, 7) is 3.96. The predicted octanol–water partition coefficient (Wildman–Crippen LogP) is 3.74. The van der Waals surface area contributed by atoms with Gasteiger partial charge in [0.1, 0.15) is 0 Å². The highest BCUT2D eigenvalue weighted by atomic mass is 14.1. The first-order valence-corrected chi connectivity index (χ1v) is 4.89. The molecule has 11 heavy (non-hydrogen) atoms. The topological polar surface area (TPSA) is 0 Å². The molecule has 0 bridgehead atoms. The quantitative estimate of drug-likeness (QED) is 0.501. The van der Waals surface area contributed by atoms with Crippen LogP contribution in [0.3, 0.4) is 0 Å². The van der Waals surface area contributed by atoms with Crippen molar-refractivity contribution < 1.29 is 0 Å². The van der Waals surface area contributed by atoms with Crippen LogP contribution in [0, 0.1) is 12.8 Å². The molecule has 0 heterocycles. The van der Waals surface area contributed by atoms with Crippen molar-refractivity contribution >= 4 is 0 Å². The fraction of sp³-hybridized carbons (Fsp3) is 0.727. The van der Waals surface area contributed by atoms with Crippen LogP contribution in [0.2, 0.25) is 0 Å². The van der Waals surface area contributed by atoms with Crippen LogP contribution in [0.25, 0.3) is 0 Å². The van der Waals surface area contributed by atoms with Gasteiger partial charge in [0.05, 0.1) is 0 Å². The lowest BCUT2D eigenvalue weighted by atomic mass is 9.99. The average molecular weight is 151 g/mol. The Morgan fingerprint density at radius 3 is 2.82 bits per heavy atom. The second-order valence-electron chi connectivity index (χ2n) is 3.47. The zero-order valence-corrected chi connectivity index (χ0v) is 7.39. The fourth-order valence-electron chi connectivity index (χ4n) is 1.65.